The minimum Gasteiger partial charge on any atom is -0.350 e. The Morgan fingerprint density at radius 1 is 1.24 bits per heavy atom. The van der Waals surface area contributed by atoms with Crippen molar-refractivity contribution in [2.24, 2.45) is 0 Å². The normalized spacial score (nSPS) is 15.0. The molecule has 1 saturated carbocycles. The second-order valence-corrected chi connectivity index (χ2v) is 5.41. The number of halogens is 1. The second-order valence-electron chi connectivity index (χ2n) is 5.41. The summed E-state index contributed by atoms with van der Waals surface area (Å²) in [5.41, 5.74) is 0.423. The van der Waals surface area contributed by atoms with Gasteiger partial charge in [0, 0.05) is 31.6 Å². The van der Waals surface area contributed by atoms with E-state index in [4.69, 9.17) is 0 Å². The van der Waals surface area contributed by atoms with Crippen molar-refractivity contribution in [3.8, 4) is 0 Å². The molecule has 0 radical (unpaired) electrons. The summed E-state index contributed by atoms with van der Waals surface area (Å²) >= 11 is 0. The van der Waals surface area contributed by atoms with E-state index in [9.17, 15) is 14.0 Å². The molecule has 1 aromatic rings. The highest BCUT2D eigenvalue weighted by molar-refractivity contribution is 5.94. The molecule has 21 heavy (non-hydrogen) atoms. The third kappa shape index (κ3) is 4.28. The minimum absolute atomic E-state index is 0.0536. The summed E-state index contributed by atoms with van der Waals surface area (Å²) in [6.07, 6.45) is 4.42. The van der Waals surface area contributed by atoms with Gasteiger partial charge in [0.25, 0.3) is 5.91 Å². The van der Waals surface area contributed by atoms with Crippen LogP contribution in [0.5, 0.6) is 0 Å². The van der Waals surface area contributed by atoms with Crippen LogP contribution in [-0.2, 0) is 4.79 Å². The SMILES string of the molecule is CC(=O)N(CCNC(=O)c1ccc(F)cc1)C1CCCC1. The van der Waals surface area contributed by atoms with Gasteiger partial charge in [0.2, 0.25) is 5.91 Å². The van der Waals surface area contributed by atoms with Crippen molar-refractivity contribution in [3.63, 3.8) is 0 Å². The van der Waals surface area contributed by atoms with Crippen LogP contribution in [0.4, 0.5) is 4.39 Å². The standard InChI is InChI=1S/C16H21FN2O2/c1-12(20)19(15-4-2-3-5-15)11-10-18-16(21)13-6-8-14(17)9-7-13/h6-9,15H,2-5,10-11H2,1H3,(H,18,21). The molecule has 2 amide bonds. The first-order valence-electron chi connectivity index (χ1n) is 7.39. The molecule has 0 heterocycles. The summed E-state index contributed by atoms with van der Waals surface area (Å²) in [6.45, 7) is 2.50. The Kier molecular flexibility index (Phi) is 5.31. The smallest absolute Gasteiger partial charge is 0.251 e. The summed E-state index contributed by atoms with van der Waals surface area (Å²) in [5, 5.41) is 2.77. The lowest BCUT2D eigenvalue weighted by atomic mass is 10.2. The van der Waals surface area contributed by atoms with Gasteiger partial charge in [-0.1, -0.05) is 12.8 Å². The molecule has 0 aromatic heterocycles. The Labute approximate surface area is 124 Å². The third-order valence-corrected chi connectivity index (χ3v) is 3.91. The number of hydrogen-bond acceptors (Lipinski definition) is 2. The Balaban J connectivity index is 1.82. The van der Waals surface area contributed by atoms with Crippen molar-refractivity contribution < 1.29 is 14.0 Å². The van der Waals surface area contributed by atoms with Crippen LogP contribution in [0.1, 0.15) is 43.0 Å². The predicted molar refractivity (Wildman–Crippen MR) is 78.4 cm³/mol. The topological polar surface area (TPSA) is 49.4 Å². The van der Waals surface area contributed by atoms with Gasteiger partial charge in [-0.2, -0.15) is 0 Å². The van der Waals surface area contributed by atoms with Gasteiger partial charge in [0.05, 0.1) is 0 Å². The third-order valence-electron chi connectivity index (χ3n) is 3.91. The molecule has 0 unspecified atom stereocenters. The molecule has 0 saturated heterocycles. The van der Waals surface area contributed by atoms with E-state index in [-0.39, 0.29) is 17.6 Å². The number of carbonyl (C=O) groups excluding carboxylic acids is 2. The minimum atomic E-state index is -0.365. The zero-order valence-corrected chi connectivity index (χ0v) is 12.3. The molecule has 0 aliphatic heterocycles. The fourth-order valence-electron chi connectivity index (χ4n) is 2.81. The average Bonchev–Trinajstić information content (AvgIpc) is 2.97. The molecule has 0 atom stereocenters. The Morgan fingerprint density at radius 3 is 2.43 bits per heavy atom. The molecule has 4 nitrogen and oxygen atoms in total. The quantitative estimate of drug-likeness (QED) is 0.905. The molecule has 114 valence electrons. The van der Waals surface area contributed by atoms with Crippen LogP contribution < -0.4 is 5.32 Å². The Bertz CT molecular complexity index is 496. The van der Waals surface area contributed by atoms with E-state index in [2.05, 4.69) is 5.32 Å². The maximum absolute atomic E-state index is 12.8. The van der Waals surface area contributed by atoms with E-state index in [0.29, 0.717) is 24.7 Å². The molecule has 1 N–H and O–H groups in total. The molecule has 0 spiro atoms. The van der Waals surface area contributed by atoms with Crippen LogP contribution in [-0.4, -0.2) is 35.8 Å². The van der Waals surface area contributed by atoms with Gasteiger partial charge < -0.3 is 10.2 Å². The van der Waals surface area contributed by atoms with E-state index < -0.39 is 0 Å². The van der Waals surface area contributed by atoms with Gasteiger partial charge in [-0.05, 0) is 37.1 Å². The van der Waals surface area contributed by atoms with Crippen LogP contribution in [0.25, 0.3) is 0 Å². The number of hydrogen-bond donors (Lipinski definition) is 1. The van der Waals surface area contributed by atoms with Crippen molar-refractivity contribution in [1.29, 1.82) is 0 Å². The number of nitrogens with zero attached hydrogens (tertiary/aromatic N) is 1. The first kappa shape index (κ1) is 15.5. The van der Waals surface area contributed by atoms with Crippen molar-refractivity contribution in [3.05, 3.63) is 35.6 Å². The van der Waals surface area contributed by atoms with Crippen LogP contribution in [0.15, 0.2) is 24.3 Å². The molecule has 1 fully saturated rings. The van der Waals surface area contributed by atoms with E-state index in [0.717, 1.165) is 25.7 Å². The van der Waals surface area contributed by atoms with Gasteiger partial charge in [0.15, 0.2) is 0 Å². The molecule has 0 bridgehead atoms. The van der Waals surface area contributed by atoms with Gasteiger partial charge in [-0.3, -0.25) is 9.59 Å². The molecular weight excluding hydrogens is 271 g/mol. The first-order chi connectivity index (χ1) is 10.1. The maximum Gasteiger partial charge on any atom is 0.251 e. The summed E-state index contributed by atoms with van der Waals surface area (Å²) < 4.78 is 12.8. The van der Waals surface area contributed by atoms with E-state index in [1.54, 1.807) is 6.92 Å². The highest BCUT2D eigenvalue weighted by atomic mass is 19.1. The van der Waals surface area contributed by atoms with Crippen LogP contribution in [0.3, 0.4) is 0 Å². The van der Waals surface area contributed by atoms with Crippen molar-refractivity contribution in [2.45, 2.75) is 38.6 Å². The van der Waals surface area contributed by atoms with E-state index in [1.165, 1.54) is 24.3 Å². The van der Waals surface area contributed by atoms with Gasteiger partial charge in [-0.25, -0.2) is 4.39 Å². The Morgan fingerprint density at radius 2 is 1.86 bits per heavy atom. The number of benzene rings is 1. The van der Waals surface area contributed by atoms with Gasteiger partial charge in [-0.15, -0.1) is 0 Å². The molecule has 2 rings (SSSR count). The number of nitrogens with one attached hydrogen (secondary N) is 1. The van der Waals surface area contributed by atoms with Gasteiger partial charge in [0.1, 0.15) is 5.82 Å². The lowest BCUT2D eigenvalue weighted by Gasteiger charge is -2.27. The summed E-state index contributed by atoms with van der Waals surface area (Å²) in [6, 6.07) is 5.73. The lowest BCUT2D eigenvalue weighted by molar-refractivity contribution is -0.130. The lowest BCUT2D eigenvalue weighted by Crippen LogP contribution is -2.42. The van der Waals surface area contributed by atoms with Crippen molar-refractivity contribution in [2.75, 3.05) is 13.1 Å². The van der Waals surface area contributed by atoms with E-state index >= 15 is 0 Å². The highest BCUT2D eigenvalue weighted by Crippen LogP contribution is 2.23. The zero-order valence-electron chi connectivity index (χ0n) is 12.3. The van der Waals surface area contributed by atoms with Crippen molar-refractivity contribution in [1.82, 2.24) is 10.2 Å². The second kappa shape index (κ2) is 7.20. The largest absolute Gasteiger partial charge is 0.350 e. The van der Waals surface area contributed by atoms with E-state index in [1.807, 2.05) is 4.90 Å². The maximum atomic E-state index is 12.8. The van der Waals surface area contributed by atoms with Crippen LogP contribution in [0.2, 0.25) is 0 Å². The fraction of sp³-hybridized carbons (Fsp3) is 0.500. The number of rotatable bonds is 5. The zero-order chi connectivity index (χ0) is 15.2. The molecule has 1 aliphatic rings. The molecule has 5 heteroatoms. The summed E-state index contributed by atoms with van der Waals surface area (Å²) in [4.78, 5) is 25.4. The Hall–Kier alpha value is -1.91. The average molecular weight is 292 g/mol. The first-order valence-corrected chi connectivity index (χ1v) is 7.39. The summed E-state index contributed by atoms with van der Waals surface area (Å²) in [7, 11) is 0. The summed E-state index contributed by atoms with van der Waals surface area (Å²) in [5.74, 6) is -0.557. The number of amides is 2. The van der Waals surface area contributed by atoms with Gasteiger partial charge >= 0.3 is 0 Å². The van der Waals surface area contributed by atoms with Crippen molar-refractivity contribution >= 4 is 11.8 Å². The molecule has 1 aromatic carbocycles. The number of carbonyl (C=O) groups is 2. The fourth-order valence-corrected chi connectivity index (χ4v) is 2.81. The highest BCUT2D eigenvalue weighted by Gasteiger charge is 2.24. The molecule has 1 aliphatic carbocycles. The van der Waals surface area contributed by atoms with Crippen LogP contribution in [0, 0.1) is 5.82 Å². The van der Waals surface area contributed by atoms with Crippen LogP contribution >= 0.6 is 0 Å². The molecular formula is C16H21FN2O2. The monoisotopic (exact) mass is 292 g/mol. The predicted octanol–water partition coefficient (Wildman–Crippen LogP) is 2.35.